The van der Waals surface area contributed by atoms with E-state index in [0.717, 1.165) is 24.6 Å². The summed E-state index contributed by atoms with van der Waals surface area (Å²) in [6.45, 7) is 2.30. The van der Waals surface area contributed by atoms with Gasteiger partial charge in [0.2, 0.25) is 0 Å². The third-order valence-electron chi connectivity index (χ3n) is 4.08. The largest absolute Gasteiger partial charge is 0.326 e. The van der Waals surface area contributed by atoms with Crippen LogP contribution in [0.2, 0.25) is 0 Å². The van der Waals surface area contributed by atoms with Gasteiger partial charge in [-0.15, -0.1) is 0 Å². The normalized spacial score (nSPS) is 17.1. The highest BCUT2D eigenvalue weighted by Crippen LogP contribution is 2.24. The van der Waals surface area contributed by atoms with Crippen LogP contribution < -0.4 is 5.73 Å². The van der Waals surface area contributed by atoms with Gasteiger partial charge in [0.25, 0.3) is 0 Å². The van der Waals surface area contributed by atoms with Gasteiger partial charge < -0.3 is 10.6 Å². The molecule has 0 unspecified atom stereocenters. The van der Waals surface area contributed by atoms with Crippen molar-refractivity contribution in [3.63, 3.8) is 0 Å². The molecule has 0 heterocycles. The number of hydrogen-bond acceptors (Lipinski definition) is 2. The van der Waals surface area contributed by atoms with Crippen LogP contribution in [0.4, 0.5) is 4.39 Å². The third kappa shape index (κ3) is 4.29. The molecule has 1 aromatic carbocycles. The summed E-state index contributed by atoms with van der Waals surface area (Å²) in [5, 5.41) is 0. The van der Waals surface area contributed by atoms with Crippen molar-refractivity contribution in [2.45, 2.75) is 45.2 Å². The Labute approximate surface area is 115 Å². The van der Waals surface area contributed by atoms with Crippen LogP contribution in [-0.2, 0) is 13.1 Å². The summed E-state index contributed by atoms with van der Waals surface area (Å²) < 4.78 is 13.4. The fraction of sp³-hybridized carbons (Fsp3) is 0.625. The van der Waals surface area contributed by atoms with Crippen molar-refractivity contribution in [1.29, 1.82) is 0 Å². The lowest BCUT2D eigenvalue weighted by atomic mass is 9.89. The van der Waals surface area contributed by atoms with Gasteiger partial charge in [-0.3, -0.25) is 0 Å². The second-order valence-corrected chi connectivity index (χ2v) is 5.83. The first kappa shape index (κ1) is 14.5. The average molecular weight is 264 g/mol. The first-order chi connectivity index (χ1) is 9.19. The van der Waals surface area contributed by atoms with E-state index < -0.39 is 0 Å². The SMILES string of the molecule is CN(Cc1ccc(F)c(CN)c1)CC1CCCCC1. The molecule has 0 spiro atoms. The minimum atomic E-state index is -0.193. The first-order valence-corrected chi connectivity index (χ1v) is 7.35. The molecule has 0 atom stereocenters. The fourth-order valence-corrected chi connectivity index (χ4v) is 3.07. The number of halogens is 1. The summed E-state index contributed by atoms with van der Waals surface area (Å²) in [7, 11) is 2.15. The van der Waals surface area contributed by atoms with Gasteiger partial charge in [0.15, 0.2) is 0 Å². The van der Waals surface area contributed by atoms with Gasteiger partial charge in [-0.2, -0.15) is 0 Å². The van der Waals surface area contributed by atoms with Crippen LogP contribution in [0.5, 0.6) is 0 Å². The maximum atomic E-state index is 13.4. The van der Waals surface area contributed by atoms with Crippen LogP contribution in [0.3, 0.4) is 0 Å². The van der Waals surface area contributed by atoms with Crippen LogP contribution in [0.1, 0.15) is 43.2 Å². The Morgan fingerprint density at radius 2 is 2.00 bits per heavy atom. The van der Waals surface area contributed by atoms with Gasteiger partial charge in [0, 0.05) is 25.2 Å². The number of nitrogens with zero attached hydrogens (tertiary/aromatic N) is 1. The van der Waals surface area contributed by atoms with Crippen LogP contribution in [-0.4, -0.2) is 18.5 Å². The Bertz CT molecular complexity index is 400. The lowest BCUT2D eigenvalue weighted by Gasteiger charge is -2.27. The van der Waals surface area contributed by atoms with Crippen molar-refractivity contribution in [3.05, 3.63) is 35.1 Å². The molecule has 1 fully saturated rings. The zero-order valence-corrected chi connectivity index (χ0v) is 11.9. The Balaban J connectivity index is 1.88. The molecule has 3 heteroatoms. The van der Waals surface area contributed by atoms with Gasteiger partial charge in [0.05, 0.1) is 0 Å². The highest BCUT2D eigenvalue weighted by molar-refractivity contribution is 5.24. The number of rotatable bonds is 5. The Kier molecular flexibility index (Phi) is 5.34. The standard InChI is InChI=1S/C16H25FN2/c1-19(11-13-5-3-2-4-6-13)12-14-7-8-16(17)15(9-14)10-18/h7-9,13H,2-6,10-12,18H2,1H3. The molecule has 1 aromatic rings. The predicted octanol–water partition coefficient (Wildman–Crippen LogP) is 3.30. The average Bonchev–Trinajstić information content (AvgIpc) is 2.42. The van der Waals surface area contributed by atoms with Gasteiger partial charge in [-0.25, -0.2) is 4.39 Å². The molecule has 0 radical (unpaired) electrons. The van der Waals surface area contributed by atoms with Crippen molar-refractivity contribution in [3.8, 4) is 0 Å². The molecule has 2 nitrogen and oxygen atoms in total. The fourth-order valence-electron chi connectivity index (χ4n) is 3.07. The molecule has 1 aliphatic carbocycles. The van der Waals surface area contributed by atoms with Gasteiger partial charge in [-0.05, 0) is 37.4 Å². The van der Waals surface area contributed by atoms with Crippen molar-refractivity contribution < 1.29 is 4.39 Å². The molecule has 1 aliphatic rings. The Morgan fingerprint density at radius 1 is 1.26 bits per heavy atom. The second kappa shape index (κ2) is 7.01. The Hall–Kier alpha value is -0.930. The summed E-state index contributed by atoms with van der Waals surface area (Å²) >= 11 is 0. The Morgan fingerprint density at radius 3 is 2.68 bits per heavy atom. The van der Waals surface area contributed by atoms with Crippen LogP contribution in [0.25, 0.3) is 0 Å². The van der Waals surface area contributed by atoms with E-state index in [-0.39, 0.29) is 12.4 Å². The highest BCUT2D eigenvalue weighted by atomic mass is 19.1. The number of nitrogens with two attached hydrogens (primary N) is 1. The van der Waals surface area contributed by atoms with Gasteiger partial charge in [0.1, 0.15) is 5.82 Å². The summed E-state index contributed by atoms with van der Waals surface area (Å²) in [6, 6.07) is 5.30. The van der Waals surface area contributed by atoms with Crippen molar-refractivity contribution in [2.75, 3.05) is 13.6 Å². The van der Waals surface area contributed by atoms with E-state index in [1.54, 1.807) is 0 Å². The van der Waals surface area contributed by atoms with Gasteiger partial charge >= 0.3 is 0 Å². The molecule has 0 bridgehead atoms. The molecule has 1 saturated carbocycles. The van der Waals surface area contributed by atoms with E-state index in [9.17, 15) is 4.39 Å². The quantitative estimate of drug-likeness (QED) is 0.884. The molecule has 0 aliphatic heterocycles. The zero-order valence-electron chi connectivity index (χ0n) is 11.9. The minimum absolute atomic E-state index is 0.193. The van der Waals surface area contributed by atoms with Crippen LogP contribution in [0, 0.1) is 11.7 Å². The van der Waals surface area contributed by atoms with Crippen molar-refractivity contribution in [2.24, 2.45) is 11.7 Å². The molecular weight excluding hydrogens is 239 g/mol. The summed E-state index contributed by atoms with van der Waals surface area (Å²) in [5.74, 6) is 0.648. The lowest BCUT2D eigenvalue weighted by molar-refractivity contribution is 0.228. The van der Waals surface area contributed by atoms with Crippen molar-refractivity contribution >= 4 is 0 Å². The van der Waals surface area contributed by atoms with E-state index in [1.165, 1.54) is 38.2 Å². The minimum Gasteiger partial charge on any atom is -0.326 e. The van der Waals surface area contributed by atoms with E-state index in [2.05, 4.69) is 11.9 Å². The third-order valence-corrected chi connectivity index (χ3v) is 4.08. The molecule has 0 amide bonds. The van der Waals surface area contributed by atoms with E-state index in [4.69, 9.17) is 5.73 Å². The van der Waals surface area contributed by atoms with E-state index in [1.807, 2.05) is 12.1 Å². The molecule has 19 heavy (non-hydrogen) atoms. The smallest absolute Gasteiger partial charge is 0.127 e. The molecule has 2 N–H and O–H groups in total. The predicted molar refractivity (Wildman–Crippen MR) is 77.2 cm³/mol. The second-order valence-electron chi connectivity index (χ2n) is 5.83. The summed E-state index contributed by atoms with van der Waals surface area (Å²) in [5.41, 5.74) is 7.31. The van der Waals surface area contributed by atoms with Crippen LogP contribution in [0.15, 0.2) is 18.2 Å². The first-order valence-electron chi connectivity index (χ1n) is 7.35. The molecule has 0 aromatic heterocycles. The van der Waals surface area contributed by atoms with E-state index >= 15 is 0 Å². The number of benzene rings is 1. The van der Waals surface area contributed by atoms with Crippen molar-refractivity contribution in [1.82, 2.24) is 4.90 Å². The summed E-state index contributed by atoms with van der Waals surface area (Å²) in [6.07, 6.45) is 6.89. The summed E-state index contributed by atoms with van der Waals surface area (Å²) in [4.78, 5) is 2.35. The maximum absolute atomic E-state index is 13.4. The topological polar surface area (TPSA) is 29.3 Å². The highest BCUT2D eigenvalue weighted by Gasteiger charge is 2.15. The van der Waals surface area contributed by atoms with E-state index in [0.29, 0.717) is 5.56 Å². The lowest BCUT2D eigenvalue weighted by Crippen LogP contribution is -2.26. The molecule has 0 saturated heterocycles. The maximum Gasteiger partial charge on any atom is 0.127 e. The molecular formula is C16H25FN2. The zero-order chi connectivity index (χ0) is 13.7. The monoisotopic (exact) mass is 264 g/mol. The van der Waals surface area contributed by atoms with Gasteiger partial charge in [-0.1, -0.05) is 31.4 Å². The number of hydrogen-bond donors (Lipinski definition) is 1. The molecule has 2 rings (SSSR count). The van der Waals surface area contributed by atoms with Crippen LogP contribution >= 0.6 is 0 Å². The molecule has 106 valence electrons.